The predicted octanol–water partition coefficient (Wildman–Crippen LogP) is 3.26. The van der Waals surface area contributed by atoms with E-state index in [4.69, 9.17) is 0 Å². The van der Waals surface area contributed by atoms with Gasteiger partial charge in [0.15, 0.2) is 0 Å². The van der Waals surface area contributed by atoms with Gasteiger partial charge in [0, 0.05) is 23.9 Å². The zero-order valence-corrected chi connectivity index (χ0v) is 12.1. The highest BCUT2D eigenvalue weighted by atomic mass is 16.3. The van der Waals surface area contributed by atoms with Crippen molar-refractivity contribution < 1.29 is 5.11 Å². The van der Waals surface area contributed by atoms with Crippen molar-refractivity contribution in [3.05, 3.63) is 30.1 Å². The maximum Gasteiger partial charge on any atom is 0.129 e. The van der Waals surface area contributed by atoms with Crippen LogP contribution in [0.15, 0.2) is 24.5 Å². The quantitative estimate of drug-likeness (QED) is 0.783. The van der Waals surface area contributed by atoms with Crippen LogP contribution in [-0.4, -0.2) is 15.7 Å². The number of nitrogens with zero attached hydrogens (tertiary/aromatic N) is 1. The molecule has 0 aromatic carbocycles. The third-order valence-electron chi connectivity index (χ3n) is 4.13. The summed E-state index contributed by atoms with van der Waals surface area (Å²) < 4.78 is 0. The van der Waals surface area contributed by atoms with Crippen LogP contribution < -0.4 is 0 Å². The topological polar surface area (TPSA) is 33.1 Å². The molecule has 1 aliphatic rings. The molecule has 0 bridgehead atoms. The average molecular weight is 257 g/mol. The second kappa shape index (κ2) is 5.75. The van der Waals surface area contributed by atoms with Crippen molar-refractivity contribution in [1.29, 1.82) is 0 Å². The molecule has 1 N–H and O–H groups in total. The Labute approximate surface area is 116 Å². The van der Waals surface area contributed by atoms with Gasteiger partial charge in [-0.1, -0.05) is 39.0 Å². The molecule has 1 aromatic heterocycles. The summed E-state index contributed by atoms with van der Waals surface area (Å²) in [5.74, 6) is 7.51. The van der Waals surface area contributed by atoms with Gasteiger partial charge in [0.25, 0.3) is 0 Å². The molecule has 0 saturated heterocycles. The number of aromatic nitrogens is 1. The third kappa shape index (κ3) is 3.36. The molecule has 1 fully saturated rings. The Bertz CT molecular complexity index is 471. The highest BCUT2D eigenvalue weighted by Gasteiger charge is 2.41. The van der Waals surface area contributed by atoms with Crippen LogP contribution >= 0.6 is 0 Å². The summed E-state index contributed by atoms with van der Waals surface area (Å²) in [5, 5.41) is 10.9. The minimum atomic E-state index is -0.846. The molecule has 0 amide bonds. The molecule has 19 heavy (non-hydrogen) atoms. The van der Waals surface area contributed by atoms with Crippen LogP contribution in [0.25, 0.3) is 0 Å². The molecular weight excluding hydrogens is 234 g/mol. The van der Waals surface area contributed by atoms with Crippen LogP contribution in [0.5, 0.6) is 0 Å². The summed E-state index contributed by atoms with van der Waals surface area (Å²) in [6.45, 7) is 6.56. The van der Waals surface area contributed by atoms with E-state index < -0.39 is 5.60 Å². The van der Waals surface area contributed by atoms with E-state index in [2.05, 4.69) is 37.6 Å². The molecule has 1 aromatic rings. The summed E-state index contributed by atoms with van der Waals surface area (Å²) in [6, 6.07) is 3.80. The first-order valence-electron chi connectivity index (χ1n) is 7.17. The monoisotopic (exact) mass is 257 g/mol. The van der Waals surface area contributed by atoms with Gasteiger partial charge in [0.05, 0.1) is 0 Å². The first kappa shape index (κ1) is 14.1. The van der Waals surface area contributed by atoms with Crippen molar-refractivity contribution in [3.8, 4) is 11.8 Å². The highest BCUT2D eigenvalue weighted by Crippen LogP contribution is 2.40. The number of hydrogen-bond acceptors (Lipinski definition) is 2. The lowest BCUT2D eigenvalue weighted by Crippen LogP contribution is -2.44. The smallest absolute Gasteiger partial charge is 0.129 e. The van der Waals surface area contributed by atoms with E-state index in [0.29, 0.717) is 11.8 Å². The van der Waals surface area contributed by atoms with Crippen molar-refractivity contribution in [2.24, 2.45) is 17.8 Å². The number of hydrogen-bond donors (Lipinski definition) is 1. The van der Waals surface area contributed by atoms with Gasteiger partial charge in [-0.05, 0) is 36.8 Å². The van der Waals surface area contributed by atoms with Crippen LogP contribution in [0.4, 0.5) is 0 Å². The number of rotatable bonds is 1. The molecular formula is C17H23NO. The Kier molecular flexibility index (Phi) is 4.27. The van der Waals surface area contributed by atoms with Crippen LogP contribution in [-0.2, 0) is 0 Å². The minimum Gasteiger partial charge on any atom is -0.377 e. The van der Waals surface area contributed by atoms with Crippen molar-refractivity contribution in [3.63, 3.8) is 0 Å². The Hall–Kier alpha value is -1.33. The maximum absolute atomic E-state index is 10.9. The first-order valence-corrected chi connectivity index (χ1v) is 7.17. The van der Waals surface area contributed by atoms with Gasteiger partial charge < -0.3 is 5.11 Å². The lowest BCUT2D eigenvalue weighted by Gasteiger charge is -2.41. The third-order valence-corrected chi connectivity index (χ3v) is 4.13. The molecule has 0 aliphatic heterocycles. The molecule has 1 saturated carbocycles. The minimum absolute atomic E-state index is 0.271. The van der Waals surface area contributed by atoms with Crippen LogP contribution in [0.1, 0.15) is 45.6 Å². The Morgan fingerprint density at radius 2 is 2.21 bits per heavy atom. The zero-order chi connectivity index (χ0) is 13.9. The van der Waals surface area contributed by atoms with Crippen molar-refractivity contribution in [2.75, 3.05) is 0 Å². The molecule has 0 spiro atoms. The predicted molar refractivity (Wildman–Crippen MR) is 77.4 cm³/mol. The molecule has 3 atom stereocenters. The zero-order valence-electron chi connectivity index (χ0n) is 12.1. The average Bonchev–Trinajstić information content (AvgIpc) is 2.37. The Morgan fingerprint density at radius 1 is 1.42 bits per heavy atom. The molecule has 1 aliphatic carbocycles. The Balaban J connectivity index is 2.25. The molecule has 1 heterocycles. The largest absolute Gasteiger partial charge is 0.377 e. The molecule has 0 radical (unpaired) electrons. The molecule has 2 nitrogen and oxygen atoms in total. The van der Waals surface area contributed by atoms with Crippen LogP contribution in [0.2, 0.25) is 0 Å². The van der Waals surface area contributed by atoms with Crippen LogP contribution in [0.3, 0.4) is 0 Å². The molecule has 102 valence electrons. The lowest BCUT2D eigenvalue weighted by atomic mass is 9.67. The maximum atomic E-state index is 10.9. The van der Waals surface area contributed by atoms with Gasteiger partial charge in [0.2, 0.25) is 0 Å². The van der Waals surface area contributed by atoms with E-state index in [0.717, 1.165) is 18.4 Å². The second-order valence-corrected chi connectivity index (χ2v) is 6.15. The molecule has 2 rings (SSSR count). The van der Waals surface area contributed by atoms with Crippen molar-refractivity contribution in [1.82, 2.24) is 4.98 Å². The molecule has 2 heteroatoms. The first-order chi connectivity index (χ1) is 9.01. The highest BCUT2D eigenvalue weighted by molar-refractivity contribution is 5.34. The van der Waals surface area contributed by atoms with E-state index in [1.54, 1.807) is 12.4 Å². The van der Waals surface area contributed by atoms with Crippen LogP contribution in [0, 0.1) is 29.6 Å². The lowest BCUT2D eigenvalue weighted by molar-refractivity contribution is -0.0326. The fraction of sp³-hybridized carbons (Fsp3) is 0.588. The van der Waals surface area contributed by atoms with E-state index in [-0.39, 0.29) is 5.92 Å². The standard InChI is InChI=1S/C17H23NO/c1-13(2)16-7-6-14(3)11-17(16,19)9-8-15-5-4-10-18-12-15/h4-5,10,12-14,16,19H,6-7,11H2,1-3H3/t14-,16+,17+/m1/s1. The Morgan fingerprint density at radius 3 is 2.84 bits per heavy atom. The van der Waals surface area contributed by atoms with Gasteiger partial charge in [0.1, 0.15) is 5.60 Å². The van der Waals surface area contributed by atoms with Gasteiger partial charge >= 0.3 is 0 Å². The van der Waals surface area contributed by atoms with E-state index in [1.807, 2.05) is 12.1 Å². The van der Waals surface area contributed by atoms with Gasteiger partial charge in [-0.15, -0.1) is 0 Å². The van der Waals surface area contributed by atoms with Gasteiger partial charge in [-0.25, -0.2) is 0 Å². The van der Waals surface area contributed by atoms with Gasteiger partial charge in [-0.3, -0.25) is 4.98 Å². The van der Waals surface area contributed by atoms with E-state index >= 15 is 0 Å². The summed E-state index contributed by atoms with van der Waals surface area (Å²) in [6.07, 6.45) is 6.52. The fourth-order valence-electron chi connectivity index (χ4n) is 3.13. The van der Waals surface area contributed by atoms with E-state index in [1.165, 1.54) is 6.42 Å². The summed E-state index contributed by atoms with van der Waals surface area (Å²) >= 11 is 0. The second-order valence-electron chi connectivity index (χ2n) is 6.15. The summed E-state index contributed by atoms with van der Waals surface area (Å²) in [7, 11) is 0. The number of pyridine rings is 1. The SMILES string of the molecule is CC(C)[C@@H]1CC[C@@H](C)C[C@@]1(O)C#Cc1cccnc1. The molecule has 0 unspecified atom stereocenters. The summed E-state index contributed by atoms with van der Waals surface area (Å²) in [4.78, 5) is 4.06. The van der Waals surface area contributed by atoms with Gasteiger partial charge in [-0.2, -0.15) is 0 Å². The van der Waals surface area contributed by atoms with Crippen molar-refractivity contribution >= 4 is 0 Å². The van der Waals surface area contributed by atoms with Crippen molar-refractivity contribution in [2.45, 2.75) is 45.6 Å². The fourth-order valence-corrected chi connectivity index (χ4v) is 3.13. The number of aliphatic hydroxyl groups is 1. The van der Waals surface area contributed by atoms with E-state index in [9.17, 15) is 5.11 Å². The summed E-state index contributed by atoms with van der Waals surface area (Å²) in [5.41, 5.74) is 0.0263. The normalized spacial score (nSPS) is 30.8.